The van der Waals surface area contributed by atoms with Gasteiger partial charge in [0.15, 0.2) is 18.1 Å². The van der Waals surface area contributed by atoms with Crippen LogP contribution in [0.25, 0.3) is 0 Å². The maximum Gasteiger partial charge on any atom is 0.422 e. The molecule has 9 heteroatoms. The molecule has 0 spiro atoms. The van der Waals surface area contributed by atoms with Gasteiger partial charge in [-0.2, -0.15) is 13.2 Å². The third kappa shape index (κ3) is 6.28. The van der Waals surface area contributed by atoms with E-state index in [0.29, 0.717) is 18.5 Å². The highest BCUT2D eigenvalue weighted by molar-refractivity contribution is 5.95. The van der Waals surface area contributed by atoms with Crippen molar-refractivity contribution in [3.63, 3.8) is 0 Å². The molecular weight excluding hydrogens is 361 g/mol. The Morgan fingerprint density at radius 2 is 1.80 bits per heavy atom. The van der Waals surface area contributed by atoms with Gasteiger partial charge in [0.2, 0.25) is 5.91 Å². The Morgan fingerprint density at radius 1 is 1.20 bits per heavy atom. The number of methoxy groups -OCH3 is 1. The van der Waals surface area contributed by atoms with E-state index in [-0.39, 0.29) is 36.4 Å². The Labute approximate surface area is 151 Å². The Balaban J connectivity index is 0.00000576. The van der Waals surface area contributed by atoms with E-state index < -0.39 is 18.2 Å². The molecule has 0 aromatic heterocycles. The van der Waals surface area contributed by atoms with Crippen LogP contribution in [0.15, 0.2) is 18.2 Å². The van der Waals surface area contributed by atoms with Crippen molar-refractivity contribution in [2.45, 2.75) is 32.9 Å². The van der Waals surface area contributed by atoms with E-state index in [1.54, 1.807) is 0 Å². The Bertz CT molecular complexity index is 556. The van der Waals surface area contributed by atoms with Gasteiger partial charge >= 0.3 is 6.18 Å². The van der Waals surface area contributed by atoms with E-state index in [9.17, 15) is 18.0 Å². The van der Waals surface area contributed by atoms with Crippen LogP contribution >= 0.6 is 12.4 Å². The molecule has 1 aromatic rings. The maximum absolute atomic E-state index is 12.5. The largest absolute Gasteiger partial charge is 0.493 e. The number of amides is 1. The molecule has 0 saturated heterocycles. The fourth-order valence-electron chi connectivity index (χ4n) is 2.24. The molecule has 1 aromatic carbocycles. The summed E-state index contributed by atoms with van der Waals surface area (Å²) in [6, 6.07) is 4.27. The summed E-state index contributed by atoms with van der Waals surface area (Å²) in [6.45, 7) is 2.46. The first kappa shape index (κ1) is 23.3. The summed E-state index contributed by atoms with van der Waals surface area (Å²) in [7, 11) is 1.32. The molecule has 144 valence electrons. The summed E-state index contributed by atoms with van der Waals surface area (Å²) < 4.78 is 46.7. The number of nitrogens with two attached hydrogens (primary N) is 1. The SMILES string of the molecule is CCC(CC)(CN)C(=O)Nc1ccc(OC)c(OCC(F)(F)F)c1.Cl. The molecule has 0 aliphatic rings. The summed E-state index contributed by atoms with van der Waals surface area (Å²) in [4.78, 5) is 12.5. The van der Waals surface area contributed by atoms with Gasteiger partial charge in [0.05, 0.1) is 12.5 Å². The fraction of sp³-hybridized carbons (Fsp3) is 0.562. The molecule has 5 nitrogen and oxygen atoms in total. The molecule has 0 saturated carbocycles. The van der Waals surface area contributed by atoms with Crippen molar-refractivity contribution in [3.8, 4) is 11.5 Å². The highest BCUT2D eigenvalue weighted by atomic mass is 35.5. The zero-order valence-electron chi connectivity index (χ0n) is 14.4. The van der Waals surface area contributed by atoms with Crippen LogP contribution in [-0.2, 0) is 4.79 Å². The molecular formula is C16H24ClF3N2O3. The normalized spacial score (nSPS) is 11.5. The van der Waals surface area contributed by atoms with Gasteiger partial charge in [-0.3, -0.25) is 4.79 Å². The average molecular weight is 385 g/mol. The molecule has 0 fully saturated rings. The van der Waals surface area contributed by atoms with E-state index in [1.807, 2.05) is 13.8 Å². The molecule has 0 bridgehead atoms. The summed E-state index contributed by atoms with van der Waals surface area (Å²) in [5.41, 5.74) is 5.33. The molecule has 25 heavy (non-hydrogen) atoms. The van der Waals surface area contributed by atoms with Crippen LogP contribution in [0.1, 0.15) is 26.7 Å². The first-order chi connectivity index (χ1) is 11.2. The standard InChI is InChI=1S/C16H23F3N2O3.ClH/c1-4-15(5-2,9-20)14(22)21-11-6-7-12(23-3)13(8-11)24-10-16(17,18)19;/h6-8H,4-5,9-10,20H2,1-3H3,(H,21,22);1H. The van der Waals surface area contributed by atoms with Crippen LogP contribution in [0.5, 0.6) is 11.5 Å². The predicted octanol–water partition coefficient (Wildman–Crippen LogP) is 3.76. The van der Waals surface area contributed by atoms with Crippen molar-refractivity contribution >= 4 is 24.0 Å². The average Bonchev–Trinajstić information content (AvgIpc) is 2.54. The number of benzene rings is 1. The van der Waals surface area contributed by atoms with Crippen LogP contribution in [-0.4, -0.2) is 32.3 Å². The van der Waals surface area contributed by atoms with Crippen molar-refractivity contribution in [3.05, 3.63) is 18.2 Å². The quantitative estimate of drug-likeness (QED) is 0.715. The zero-order chi connectivity index (χ0) is 18.4. The third-order valence-corrected chi connectivity index (χ3v) is 4.04. The number of anilines is 1. The number of hydrogen-bond donors (Lipinski definition) is 2. The van der Waals surface area contributed by atoms with Crippen LogP contribution in [0.3, 0.4) is 0 Å². The molecule has 0 radical (unpaired) electrons. The second-order valence-corrected chi connectivity index (χ2v) is 5.42. The van der Waals surface area contributed by atoms with Crippen LogP contribution in [0.2, 0.25) is 0 Å². The Kier molecular flexibility index (Phi) is 9.07. The topological polar surface area (TPSA) is 73.6 Å². The summed E-state index contributed by atoms with van der Waals surface area (Å²) >= 11 is 0. The van der Waals surface area contributed by atoms with Gasteiger partial charge < -0.3 is 20.5 Å². The number of alkyl halides is 3. The highest BCUT2D eigenvalue weighted by Gasteiger charge is 2.33. The number of rotatable bonds is 8. The summed E-state index contributed by atoms with van der Waals surface area (Å²) in [5.74, 6) is -0.228. The van der Waals surface area contributed by atoms with Crippen LogP contribution < -0.4 is 20.5 Å². The van der Waals surface area contributed by atoms with Crippen molar-refractivity contribution < 1.29 is 27.4 Å². The molecule has 0 aliphatic carbocycles. The van der Waals surface area contributed by atoms with Crippen molar-refractivity contribution in [1.29, 1.82) is 0 Å². The zero-order valence-corrected chi connectivity index (χ0v) is 15.2. The molecule has 3 N–H and O–H groups in total. The van der Waals surface area contributed by atoms with Crippen molar-refractivity contribution in [2.75, 3.05) is 25.6 Å². The Morgan fingerprint density at radius 3 is 2.24 bits per heavy atom. The lowest BCUT2D eigenvalue weighted by molar-refractivity contribution is -0.153. The van der Waals surface area contributed by atoms with Crippen molar-refractivity contribution in [1.82, 2.24) is 0 Å². The first-order valence-electron chi connectivity index (χ1n) is 7.60. The lowest BCUT2D eigenvalue weighted by Crippen LogP contribution is -2.41. The number of carbonyl (C=O) groups is 1. The van der Waals surface area contributed by atoms with Gasteiger partial charge in [-0.25, -0.2) is 0 Å². The summed E-state index contributed by atoms with van der Waals surface area (Å²) in [5, 5.41) is 2.69. The van der Waals surface area contributed by atoms with Gasteiger partial charge in [0.1, 0.15) is 0 Å². The van der Waals surface area contributed by atoms with Gasteiger partial charge in [-0.1, -0.05) is 13.8 Å². The van der Waals surface area contributed by atoms with Gasteiger partial charge in [-0.05, 0) is 25.0 Å². The van der Waals surface area contributed by atoms with Crippen LogP contribution in [0.4, 0.5) is 18.9 Å². The lowest BCUT2D eigenvalue weighted by Gasteiger charge is -2.28. The number of carbonyl (C=O) groups excluding carboxylic acids is 1. The van der Waals surface area contributed by atoms with E-state index in [2.05, 4.69) is 5.32 Å². The first-order valence-corrected chi connectivity index (χ1v) is 7.60. The monoisotopic (exact) mass is 384 g/mol. The second-order valence-electron chi connectivity index (χ2n) is 5.42. The number of halogens is 4. The van der Waals surface area contributed by atoms with Crippen LogP contribution in [0, 0.1) is 5.41 Å². The smallest absolute Gasteiger partial charge is 0.422 e. The third-order valence-electron chi connectivity index (χ3n) is 4.04. The molecule has 0 unspecified atom stereocenters. The van der Waals surface area contributed by atoms with E-state index in [0.717, 1.165) is 0 Å². The molecule has 0 aliphatic heterocycles. The number of hydrogen-bond acceptors (Lipinski definition) is 4. The second kappa shape index (κ2) is 9.72. The minimum absolute atomic E-state index is 0. The Hall–Kier alpha value is -1.67. The lowest BCUT2D eigenvalue weighted by atomic mass is 9.81. The molecule has 1 rings (SSSR count). The molecule has 0 heterocycles. The minimum Gasteiger partial charge on any atom is -0.493 e. The molecule has 1 amide bonds. The van der Waals surface area contributed by atoms with E-state index in [1.165, 1.54) is 25.3 Å². The van der Waals surface area contributed by atoms with E-state index >= 15 is 0 Å². The number of nitrogens with one attached hydrogen (secondary N) is 1. The van der Waals surface area contributed by atoms with Gasteiger partial charge in [0.25, 0.3) is 0 Å². The van der Waals surface area contributed by atoms with Gasteiger partial charge in [-0.15, -0.1) is 12.4 Å². The highest BCUT2D eigenvalue weighted by Crippen LogP contribution is 2.33. The van der Waals surface area contributed by atoms with Crippen molar-refractivity contribution in [2.24, 2.45) is 11.1 Å². The minimum atomic E-state index is -4.47. The predicted molar refractivity (Wildman–Crippen MR) is 92.5 cm³/mol. The molecule has 0 atom stereocenters. The van der Waals surface area contributed by atoms with E-state index in [4.69, 9.17) is 15.2 Å². The maximum atomic E-state index is 12.5. The fourth-order valence-corrected chi connectivity index (χ4v) is 2.24. The number of ether oxygens (including phenoxy) is 2. The van der Waals surface area contributed by atoms with Gasteiger partial charge in [0, 0.05) is 18.3 Å². The summed E-state index contributed by atoms with van der Waals surface area (Å²) in [6.07, 6.45) is -3.36.